The molecule has 0 bridgehead atoms. The lowest BCUT2D eigenvalue weighted by Gasteiger charge is -2.30. The minimum absolute atomic E-state index is 0.0831. The summed E-state index contributed by atoms with van der Waals surface area (Å²) in [7, 11) is 0. The van der Waals surface area contributed by atoms with Crippen LogP contribution < -0.4 is 10.1 Å². The molecule has 5 nitrogen and oxygen atoms in total. The average molecular weight is 442 g/mol. The van der Waals surface area contributed by atoms with Crippen LogP contribution in [0, 0.1) is 23.6 Å². The number of para-hydroxylation sites is 1. The second-order valence-electron chi connectivity index (χ2n) is 7.73. The minimum atomic E-state index is -0.439. The maximum absolute atomic E-state index is 13.7. The van der Waals surface area contributed by atoms with Gasteiger partial charge in [-0.3, -0.25) is 9.59 Å². The van der Waals surface area contributed by atoms with Gasteiger partial charge >= 0.3 is 0 Å². The lowest BCUT2D eigenvalue weighted by molar-refractivity contribution is -0.129. The summed E-state index contributed by atoms with van der Waals surface area (Å²) in [6, 6.07) is 22.3. The maximum Gasteiger partial charge on any atom is 0.298 e. The molecule has 1 heterocycles. The number of halogens is 1. The van der Waals surface area contributed by atoms with Crippen molar-refractivity contribution < 1.29 is 18.7 Å². The van der Waals surface area contributed by atoms with Gasteiger partial charge in [0, 0.05) is 36.2 Å². The fourth-order valence-corrected chi connectivity index (χ4v) is 3.58. The zero-order chi connectivity index (χ0) is 23.0. The molecule has 0 aliphatic carbocycles. The van der Waals surface area contributed by atoms with Crippen molar-refractivity contribution in [3.63, 3.8) is 0 Å². The highest BCUT2D eigenvalue weighted by molar-refractivity contribution is 5.95. The summed E-state index contributed by atoms with van der Waals surface area (Å²) in [4.78, 5) is 26.7. The molecule has 0 unspecified atom stereocenters. The van der Waals surface area contributed by atoms with Crippen molar-refractivity contribution in [2.75, 3.05) is 18.4 Å². The van der Waals surface area contributed by atoms with Crippen LogP contribution in [-0.2, 0) is 9.59 Å². The molecule has 1 N–H and O–H groups in total. The monoisotopic (exact) mass is 442 g/mol. The molecule has 1 saturated heterocycles. The average Bonchev–Trinajstić information content (AvgIpc) is 2.86. The number of hydrogen-bond acceptors (Lipinski definition) is 3. The molecule has 3 aromatic rings. The van der Waals surface area contributed by atoms with E-state index in [1.165, 1.54) is 6.07 Å². The van der Waals surface area contributed by atoms with Gasteiger partial charge in [0.2, 0.25) is 5.91 Å². The predicted molar refractivity (Wildman–Crippen MR) is 124 cm³/mol. The Morgan fingerprint density at radius 2 is 1.58 bits per heavy atom. The molecule has 6 heteroatoms. The van der Waals surface area contributed by atoms with Crippen LogP contribution in [0.1, 0.15) is 18.4 Å². The Kier molecular flexibility index (Phi) is 7.01. The highest BCUT2D eigenvalue weighted by Gasteiger charge is 2.26. The molecular formula is C27H23FN2O3. The number of hydrogen-bond donors (Lipinski definition) is 1. The van der Waals surface area contributed by atoms with Gasteiger partial charge in [0.25, 0.3) is 5.91 Å². The van der Waals surface area contributed by atoms with Crippen molar-refractivity contribution in [3.8, 4) is 23.3 Å². The Bertz CT molecular complexity index is 1180. The van der Waals surface area contributed by atoms with Crippen LogP contribution in [-0.4, -0.2) is 29.8 Å². The van der Waals surface area contributed by atoms with Crippen LogP contribution in [0.3, 0.4) is 0 Å². The van der Waals surface area contributed by atoms with Crippen LogP contribution in [0.15, 0.2) is 78.9 Å². The molecule has 3 aromatic carbocycles. The molecule has 4 rings (SSSR count). The van der Waals surface area contributed by atoms with Crippen LogP contribution in [0.4, 0.5) is 10.1 Å². The number of nitrogens with one attached hydrogen (secondary N) is 1. The van der Waals surface area contributed by atoms with Crippen LogP contribution in [0.5, 0.6) is 11.5 Å². The number of ether oxygens (including phenoxy) is 1. The zero-order valence-electron chi connectivity index (χ0n) is 18.0. The van der Waals surface area contributed by atoms with Gasteiger partial charge in [-0.25, -0.2) is 4.39 Å². The number of rotatable bonds is 4. The van der Waals surface area contributed by atoms with E-state index in [1.807, 2.05) is 30.3 Å². The normalized spacial score (nSPS) is 13.5. The molecule has 0 atom stereocenters. The minimum Gasteiger partial charge on any atom is -0.454 e. The van der Waals surface area contributed by atoms with Gasteiger partial charge in [0.15, 0.2) is 11.6 Å². The van der Waals surface area contributed by atoms with Gasteiger partial charge in [-0.1, -0.05) is 36.3 Å². The molecule has 0 spiro atoms. The number of nitrogens with zero attached hydrogens (tertiary/aromatic N) is 1. The van der Waals surface area contributed by atoms with Gasteiger partial charge in [-0.2, -0.15) is 0 Å². The number of benzene rings is 3. The fraction of sp³-hybridized carbons (Fsp3) is 0.185. The molecule has 0 radical (unpaired) electrons. The SMILES string of the molecule is O=C(Nc1ccc(Oc2ccccc2F)cc1)C1CCN(C(=O)C#Cc2ccccc2)CC1. The summed E-state index contributed by atoms with van der Waals surface area (Å²) >= 11 is 0. The van der Waals surface area contributed by atoms with E-state index in [4.69, 9.17) is 4.74 Å². The largest absolute Gasteiger partial charge is 0.454 e. The van der Waals surface area contributed by atoms with Crippen molar-refractivity contribution in [1.82, 2.24) is 4.90 Å². The molecule has 166 valence electrons. The molecule has 2 amide bonds. The van der Waals surface area contributed by atoms with E-state index < -0.39 is 5.82 Å². The molecule has 0 saturated carbocycles. The maximum atomic E-state index is 13.7. The van der Waals surface area contributed by atoms with E-state index in [-0.39, 0.29) is 23.5 Å². The third-order valence-electron chi connectivity index (χ3n) is 5.43. The fourth-order valence-electron chi connectivity index (χ4n) is 3.58. The molecule has 1 aliphatic rings. The molecule has 33 heavy (non-hydrogen) atoms. The number of carbonyl (C=O) groups is 2. The molecule has 1 aliphatic heterocycles. The summed E-state index contributed by atoms with van der Waals surface area (Å²) in [5.74, 6) is 5.26. The summed E-state index contributed by atoms with van der Waals surface area (Å²) in [6.45, 7) is 0.992. The van der Waals surface area contributed by atoms with Gasteiger partial charge in [0.05, 0.1) is 0 Å². The molecule has 1 fully saturated rings. The molecular weight excluding hydrogens is 419 g/mol. The Balaban J connectivity index is 1.26. The Labute approximate surface area is 192 Å². The first-order chi connectivity index (χ1) is 16.1. The first-order valence-electron chi connectivity index (χ1n) is 10.8. The van der Waals surface area contributed by atoms with Crippen molar-refractivity contribution in [2.24, 2.45) is 5.92 Å². The summed E-state index contributed by atoms with van der Waals surface area (Å²) in [5, 5.41) is 2.90. The van der Waals surface area contributed by atoms with E-state index in [1.54, 1.807) is 47.4 Å². The summed E-state index contributed by atoms with van der Waals surface area (Å²) < 4.78 is 19.2. The lowest BCUT2D eigenvalue weighted by Crippen LogP contribution is -2.41. The van der Waals surface area contributed by atoms with E-state index in [2.05, 4.69) is 17.2 Å². The second-order valence-corrected chi connectivity index (χ2v) is 7.73. The number of amides is 2. The van der Waals surface area contributed by atoms with Crippen molar-refractivity contribution >= 4 is 17.5 Å². The Morgan fingerprint density at radius 1 is 0.909 bits per heavy atom. The first kappa shape index (κ1) is 22.1. The van der Waals surface area contributed by atoms with Crippen molar-refractivity contribution in [3.05, 3.63) is 90.2 Å². The number of carbonyl (C=O) groups excluding carboxylic acids is 2. The topological polar surface area (TPSA) is 58.6 Å². The second kappa shape index (κ2) is 10.5. The Morgan fingerprint density at radius 3 is 2.27 bits per heavy atom. The quantitative estimate of drug-likeness (QED) is 0.588. The third-order valence-corrected chi connectivity index (χ3v) is 5.43. The van der Waals surface area contributed by atoms with Gasteiger partial charge < -0.3 is 15.0 Å². The number of piperidine rings is 1. The van der Waals surface area contributed by atoms with Gasteiger partial charge in [0.1, 0.15) is 5.75 Å². The highest BCUT2D eigenvalue weighted by atomic mass is 19.1. The number of likely N-dealkylation sites (tertiary alicyclic amines) is 1. The first-order valence-corrected chi connectivity index (χ1v) is 10.8. The number of anilines is 1. The lowest BCUT2D eigenvalue weighted by atomic mass is 9.95. The van der Waals surface area contributed by atoms with Crippen molar-refractivity contribution in [1.29, 1.82) is 0 Å². The van der Waals surface area contributed by atoms with Crippen LogP contribution in [0.25, 0.3) is 0 Å². The van der Waals surface area contributed by atoms with E-state index in [0.29, 0.717) is 37.4 Å². The smallest absolute Gasteiger partial charge is 0.298 e. The third kappa shape index (κ3) is 5.98. The Hall–Kier alpha value is -4.11. The van der Waals surface area contributed by atoms with Crippen LogP contribution in [0.2, 0.25) is 0 Å². The van der Waals surface area contributed by atoms with Gasteiger partial charge in [-0.15, -0.1) is 0 Å². The van der Waals surface area contributed by atoms with E-state index >= 15 is 0 Å². The van der Waals surface area contributed by atoms with Crippen molar-refractivity contribution in [2.45, 2.75) is 12.8 Å². The predicted octanol–water partition coefficient (Wildman–Crippen LogP) is 4.85. The van der Waals surface area contributed by atoms with Gasteiger partial charge in [-0.05, 0) is 61.4 Å². The van der Waals surface area contributed by atoms with E-state index in [0.717, 1.165) is 5.56 Å². The van der Waals surface area contributed by atoms with Crippen LogP contribution >= 0.6 is 0 Å². The standard InChI is InChI=1S/C27H23FN2O3/c28-24-8-4-5-9-25(24)33-23-13-11-22(12-14-23)29-27(32)21-16-18-30(19-17-21)26(31)15-10-20-6-2-1-3-7-20/h1-9,11-14,21H,16-19H2,(H,29,32). The highest BCUT2D eigenvalue weighted by Crippen LogP contribution is 2.26. The summed E-state index contributed by atoms with van der Waals surface area (Å²) in [6.07, 6.45) is 1.16. The summed E-state index contributed by atoms with van der Waals surface area (Å²) in [5.41, 5.74) is 1.43. The van der Waals surface area contributed by atoms with E-state index in [9.17, 15) is 14.0 Å². The molecule has 0 aromatic heterocycles. The zero-order valence-corrected chi connectivity index (χ0v) is 18.0.